The second-order valence-electron chi connectivity index (χ2n) is 4.61. The zero-order valence-electron chi connectivity index (χ0n) is 11.9. The highest BCUT2D eigenvalue weighted by Crippen LogP contribution is 2.29. The Hall–Kier alpha value is -1.76. The molecule has 1 atom stereocenters. The van der Waals surface area contributed by atoms with Gasteiger partial charge in [0.1, 0.15) is 5.75 Å². The predicted molar refractivity (Wildman–Crippen MR) is 71.3 cm³/mol. The molecule has 1 aromatic carbocycles. The second-order valence-corrected chi connectivity index (χ2v) is 4.61. The Balaban J connectivity index is 3.01. The first-order chi connectivity index (χ1) is 9.76. The van der Waals surface area contributed by atoms with Gasteiger partial charge >= 0.3 is 12.1 Å². The van der Waals surface area contributed by atoms with Gasteiger partial charge in [-0.25, -0.2) is 0 Å². The van der Waals surface area contributed by atoms with Crippen LogP contribution in [0.1, 0.15) is 24.9 Å². The molecule has 0 saturated carbocycles. The van der Waals surface area contributed by atoms with Crippen LogP contribution in [0.15, 0.2) is 24.3 Å². The van der Waals surface area contributed by atoms with Crippen molar-refractivity contribution in [3.8, 4) is 5.75 Å². The van der Waals surface area contributed by atoms with Gasteiger partial charge in [0, 0.05) is 6.04 Å². The standard InChI is InChI=1S/C14H18F3NO3/c1-3-12(10-4-6-11(21-2)7-5-10)18(8-13(19)20)9-14(15,16)17/h4-7,12H,3,8-9H2,1-2H3,(H,19,20). The minimum Gasteiger partial charge on any atom is -0.497 e. The molecule has 0 amide bonds. The third kappa shape index (κ3) is 5.63. The number of hydrogen-bond donors (Lipinski definition) is 1. The summed E-state index contributed by atoms with van der Waals surface area (Å²) in [6.07, 6.45) is -4.08. The highest BCUT2D eigenvalue weighted by atomic mass is 19.4. The third-order valence-electron chi connectivity index (χ3n) is 3.05. The molecule has 0 aliphatic heterocycles. The minimum atomic E-state index is -4.45. The summed E-state index contributed by atoms with van der Waals surface area (Å²) in [4.78, 5) is 11.7. The molecular weight excluding hydrogens is 287 g/mol. The fraction of sp³-hybridized carbons (Fsp3) is 0.500. The molecule has 0 bridgehead atoms. The molecule has 7 heteroatoms. The SMILES string of the molecule is CCC(c1ccc(OC)cc1)N(CC(=O)O)CC(F)(F)F. The summed E-state index contributed by atoms with van der Waals surface area (Å²) >= 11 is 0. The average molecular weight is 305 g/mol. The molecule has 0 saturated heterocycles. The maximum atomic E-state index is 12.6. The Labute approximate surface area is 121 Å². The maximum Gasteiger partial charge on any atom is 0.401 e. The number of benzene rings is 1. The number of alkyl halides is 3. The zero-order valence-corrected chi connectivity index (χ0v) is 11.9. The van der Waals surface area contributed by atoms with E-state index in [9.17, 15) is 18.0 Å². The molecule has 0 aromatic heterocycles. The van der Waals surface area contributed by atoms with Crippen LogP contribution in [0.2, 0.25) is 0 Å². The largest absolute Gasteiger partial charge is 0.497 e. The summed E-state index contributed by atoms with van der Waals surface area (Å²) in [5.41, 5.74) is 0.629. The van der Waals surface area contributed by atoms with Gasteiger partial charge in [0.25, 0.3) is 0 Å². The summed E-state index contributed by atoms with van der Waals surface area (Å²) in [6.45, 7) is -0.200. The molecule has 1 rings (SSSR count). The van der Waals surface area contributed by atoms with Crippen LogP contribution < -0.4 is 4.74 Å². The number of carbonyl (C=O) groups is 1. The van der Waals surface area contributed by atoms with Crippen LogP contribution in [0.4, 0.5) is 13.2 Å². The lowest BCUT2D eigenvalue weighted by atomic mass is 10.0. The van der Waals surface area contributed by atoms with Gasteiger partial charge in [-0.3, -0.25) is 9.69 Å². The van der Waals surface area contributed by atoms with Crippen molar-refractivity contribution in [3.63, 3.8) is 0 Å². The molecule has 1 unspecified atom stereocenters. The van der Waals surface area contributed by atoms with Crippen molar-refractivity contribution < 1.29 is 27.8 Å². The molecule has 0 aliphatic carbocycles. The number of carboxylic acid groups (broad SMARTS) is 1. The van der Waals surface area contributed by atoms with Gasteiger partial charge in [-0.15, -0.1) is 0 Å². The van der Waals surface area contributed by atoms with Crippen LogP contribution in [0, 0.1) is 0 Å². The van der Waals surface area contributed by atoms with E-state index in [1.165, 1.54) is 7.11 Å². The van der Waals surface area contributed by atoms with Gasteiger partial charge in [-0.05, 0) is 24.1 Å². The van der Waals surface area contributed by atoms with Crippen molar-refractivity contribution in [2.24, 2.45) is 0 Å². The smallest absolute Gasteiger partial charge is 0.401 e. The summed E-state index contributed by atoms with van der Waals surface area (Å²) in [5.74, 6) is -0.694. The monoisotopic (exact) mass is 305 g/mol. The van der Waals surface area contributed by atoms with Crippen molar-refractivity contribution >= 4 is 5.97 Å². The van der Waals surface area contributed by atoms with E-state index in [4.69, 9.17) is 9.84 Å². The number of carboxylic acids is 1. The van der Waals surface area contributed by atoms with Crippen molar-refractivity contribution in [2.45, 2.75) is 25.6 Å². The lowest BCUT2D eigenvalue weighted by Crippen LogP contribution is -2.40. The fourth-order valence-corrected chi connectivity index (χ4v) is 2.21. The van der Waals surface area contributed by atoms with Crippen LogP contribution in [0.3, 0.4) is 0 Å². The van der Waals surface area contributed by atoms with E-state index in [1.54, 1.807) is 31.2 Å². The Bertz CT molecular complexity index is 460. The number of ether oxygens (including phenoxy) is 1. The van der Waals surface area contributed by atoms with E-state index in [0.29, 0.717) is 17.7 Å². The van der Waals surface area contributed by atoms with E-state index in [-0.39, 0.29) is 0 Å². The molecular formula is C14H18F3NO3. The van der Waals surface area contributed by atoms with Crippen LogP contribution in [0.25, 0.3) is 0 Å². The highest BCUT2D eigenvalue weighted by Gasteiger charge is 2.34. The lowest BCUT2D eigenvalue weighted by molar-refractivity contribution is -0.158. The first kappa shape index (κ1) is 17.3. The maximum absolute atomic E-state index is 12.6. The number of halogens is 3. The molecule has 0 heterocycles. The lowest BCUT2D eigenvalue weighted by Gasteiger charge is -2.30. The van der Waals surface area contributed by atoms with Crippen LogP contribution in [-0.2, 0) is 4.79 Å². The van der Waals surface area contributed by atoms with E-state index < -0.39 is 31.3 Å². The third-order valence-corrected chi connectivity index (χ3v) is 3.05. The van der Waals surface area contributed by atoms with Crippen molar-refractivity contribution in [1.82, 2.24) is 4.90 Å². The summed E-state index contributed by atoms with van der Waals surface area (Å²) in [7, 11) is 1.49. The van der Waals surface area contributed by atoms with Crippen LogP contribution >= 0.6 is 0 Å². The zero-order chi connectivity index (χ0) is 16.0. The Morgan fingerprint density at radius 1 is 1.33 bits per heavy atom. The Morgan fingerprint density at radius 2 is 1.90 bits per heavy atom. The molecule has 4 nitrogen and oxygen atoms in total. The van der Waals surface area contributed by atoms with E-state index >= 15 is 0 Å². The summed E-state index contributed by atoms with van der Waals surface area (Å²) in [6, 6.07) is 5.97. The van der Waals surface area contributed by atoms with Gasteiger partial charge < -0.3 is 9.84 Å². The van der Waals surface area contributed by atoms with Gasteiger partial charge in [0.15, 0.2) is 0 Å². The van der Waals surface area contributed by atoms with E-state index in [2.05, 4.69) is 0 Å². The highest BCUT2D eigenvalue weighted by molar-refractivity contribution is 5.69. The molecule has 0 aliphatic rings. The first-order valence-electron chi connectivity index (χ1n) is 6.43. The Morgan fingerprint density at radius 3 is 2.29 bits per heavy atom. The number of rotatable bonds is 7. The van der Waals surface area contributed by atoms with Crippen LogP contribution in [0.5, 0.6) is 5.75 Å². The molecule has 0 spiro atoms. The molecule has 21 heavy (non-hydrogen) atoms. The number of nitrogens with zero attached hydrogens (tertiary/aromatic N) is 1. The fourth-order valence-electron chi connectivity index (χ4n) is 2.21. The normalized spacial score (nSPS) is 13.2. The number of methoxy groups -OCH3 is 1. The molecule has 1 N–H and O–H groups in total. The van der Waals surface area contributed by atoms with Gasteiger partial charge in [-0.2, -0.15) is 13.2 Å². The molecule has 0 radical (unpaired) electrons. The van der Waals surface area contributed by atoms with Crippen LogP contribution in [-0.4, -0.2) is 42.4 Å². The van der Waals surface area contributed by atoms with Gasteiger partial charge in [0.2, 0.25) is 0 Å². The van der Waals surface area contributed by atoms with Crippen molar-refractivity contribution in [1.29, 1.82) is 0 Å². The quantitative estimate of drug-likeness (QED) is 0.841. The van der Waals surface area contributed by atoms with Gasteiger partial charge in [-0.1, -0.05) is 19.1 Å². The molecule has 0 fully saturated rings. The molecule has 1 aromatic rings. The van der Waals surface area contributed by atoms with E-state index in [0.717, 1.165) is 4.90 Å². The average Bonchev–Trinajstić information content (AvgIpc) is 2.37. The first-order valence-corrected chi connectivity index (χ1v) is 6.43. The predicted octanol–water partition coefficient (Wildman–Crippen LogP) is 3.10. The number of hydrogen-bond acceptors (Lipinski definition) is 3. The molecule has 118 valence electrons. The summed E-state index contributed by atoms with van der Waals surface area (Å²) in [5, 5.41) is 8.83. The van der Waals surface area contributed by atoms with Gasteiger partial charge in [0.05, 0.1) is 20.2 Å². The summed E-state index contributed by atoms with van der Waals surface area (Å²) < 4.78 is 42.9. The van der Waals surface area contributed by atoms with Crippen molar-refractivity contribution in [2.75, 3.05) is 20.2 Å². The number of aliphatic carboxylic acids is 1. The topological polar surface area (TPSA) is 49.8 Å². The second kappa shape index (κ2) is 7.31. The minimum absolute atomic E-state index is 0.371. The Kier molecular flexibility index (Phi) is 6.02. The van der Waals surface area contributed by atoms with Crippen molar-refractivity contribution in [3.05, 3.63) is 29.8 Å². The van der Waals surface area contributed by atoms with E-state index in [1.807, 2.05) is 0 Å².